The van der Waals surface area contributed by atoms with Crippen molar-refractivity contribution in [2.45, 2.75) is 19.6 Å². The number of aliphatic hydroxyl groups excluding tert-OH is 1. The summed E-state index contributed by atoms with van der Waals surface area (Å²) in [6.07, 6.45) is 1.15. The first-order valence-corrected chi connectivity index (χ1v) is 10.6. The fraction of sp³-hybridized carbons (Fsp3) is 0.350. The molecule has 0 saturated heterocycles. The first kappa shape index (κ1) is 22.5. The molecule has 6 N–H and O–H groups in total. The predicted octanol–water partition coefficient (Wildman–Crippen LogP) is 1.15. The van der Waals surface area contributed by atoms with Crippen molar-refractivity contribution in [3.63, 3.8) is 0 Å². The molecule has 0 saturated carbocycles. The molecule has 166 valence electrons. The Labute approximate surface area is 183 Å². The van der Waals surface area contributed by atoms with Crippen LogP contribution in [0.1, 0.15) is 12.6 Å². The number of benzene rings is 1. The van der Waals surface area contributed by atoms with E-state index in [2.05, 4.69) is 10.1 Å². The Morgan fingerprint density at radius 1 is 1.32 bits per heavy atom. The van der Waals surface area contributed by atoms with E-state index in [1.165, 1.54) is 11.3 Å². The van der Waals surface area contributed by atoms with Crippen LogP contribution in [0, 0.1) is 5.41 Å². The lowest BCUT2D eigenvalue weighted by atomic mass is 10.1. The van der Waals surface area contributed by atoms with E-state index >= 15 is 0 Å². The van der Waals surface area contributed by atoms with Gasteiger partial charge in [0.15, 0.2) is 11.7 Å². The Bertz CT molecular complexity index is 1090. The number of nitrogens with one attached hydrogen (secondary N) is 1. The maximum Gasteiger partial charge on any atom is 0.202 e. The third-order valence-corrected chi connectivity index (χ3v) is 5.27. The summed E-state index contributed by atoms with van der Waals surface area (Å²) >= 11 is 1.36. The van der Waals surface area contributed by atoms with Crippen LogP contribution in [0.3, 0.4) is 0 Å². The number of aromatic nitrogens is 3. The third-order valence-electron chi connectivity index (χ3n) is 4.60. The summed E-state index contributed by atoms with van der Waals surface area (Å²) in [4.78, 5) is 9.42. The van der Waals surface area contributed by atoms with Crippen LogP contribution in [0.25, 0.3) is 11.3 Å². The molecule has 1 aromatic carbocycles. The maximum atomic E-state index is 9.77. The average molecular weight is 446 g/mol. The Kier molecular flexibility index (Phi) is 7.45. The molecule has 0 aliphatic heterocycles. The van der Waals surface area contributed by atoms with Gasteiger partial charge in [0.2, 0.25) is 5.62 Å². The number of hydrogen-bond donors (Lipinski definition) is 4. The van der Waals surface area contributed by atoms with E-state index in [0.29, 0.717) is 35.5 Å². The molecule has 0 bridgehead atoms. The van der Waals surface area contributed by atoms with Gasteiger partial charge in [-0.25, -0.2) is 4.98 Å². The number of ether oxygens (including phenoxy) is 1. The smallest absolute Gasteiger partial charge is 0.202 e. The SMILES string of the molecule is C/C(=N\OCCOc1ccc(-c2cn(CC(O)CN)c(=N)n2C)cc1)c1csc(N)n1. The zero-order chi connectivity index (χ0) is 22.4. The molecule has 1 unspecified atom stereocenters. The van der Waals surface area contributed by atoms with Gasteiger partial charge in [-0.15, -0.1) is 11.3 Å². The van der Waals surface area contributed by atoms with Gasteiger partial charge in [0.1, 0.15) is 23.8 Å². The van der Waals surface area contributed by atoms with E-state index in [9.17, 15) is 5.11 Å². The lowest BCUT2D eigenvalue weighted by Crippen LogP contribution is -2.31. The highest BCUT2D eigenvalue weighted by Crippen LogP contribution is 2.21. The maximum absolute atomic E-state index is 9.77. The Morgan fingerprint density at radius 3 is 2.71 bits per heavy atom. The minimum Gasteiger partial charge on any atom is -0.490 e. The summed E-state index contributed by atoms with van der Waals surface area (Å²) in [6, 6.07) is 7.56. The molecule has 3 aromatic rings. The predicted molar refractivity (Wildman–Crippen MR) is 120 cm³/mol. The van der Waals surface area contributed by atoms with Crippen LogP contribution in [-0.2, 0) is 18.4 Å². The van der Waals surface area contributed by atoms with Crippen molar-refractivity contribution in [1.82, 2.24) is 14.1 Å². The second kappa shape index (κ2) is 10.2. The highest BCUT2D eigenvalue weighted by atomic mass is 32.1. The van der Waals surface area contributed by atoms with E-state index in [0.717, 1.165) is 11.3 Å². The summed E-state index contributed by atoms with van der Waals surface area (Å²) in [5.74, 6) is 0.701. The molecular formula is C20H27N7O3S. The number of nitrogens with two attached hydrogens (primary N) is 2. The molecule has 0 radical (unpaired) electrons. The summed E-state index contributed by atoms with van der Waals surface area (Å²) < 4.78 is 9.12. The van der Waals surface area contributed by atoms with Crippen LogP contribution >= 0.6 is 11.3 Å². The minimum absolute atomic E-state index is 0.150. The fourth-order valence-electron chi connectivity index (χ4n) is 2.87. The van der Waals surface area contributed by atoms with E-state index in [4.69, 9.17) is 26.5 Å². The summed E-state index contributed by atoms with van der Waals surface area (Å²) in [7, 11) is 1.81. The number of anilines is 1. The first-order valence-electron chi connectivity index (χ1n) is 9.69. The number of nitrogen functional groups attached to an aromatic ring is 1. The molecule has 0 aliphatic carbocycles. The molecule has 2 heterocycles. The van der Waals surface area contributed by atoms with Gasteiger partial charge in [-0.3, -0.25) is 5.41 Å². The van der Waals surface area contributed by atoms with E-state index in [-0.39, 0.29) is 18.7 Å². The molecule has 31 heavy (non-hydrogen) atoms. The average Bonchev–Trinajstić information content (AvgIpc) is 3.32. The number of oxime groups is 1. The molecule has 2 aromatic heterocycles. The Balaban J connectivity index is 1.54. The van der Waals surface area contributed by atoms with Crippen molar-refractivity contribution in [3.05, 3.63) is 47.2 Å². The van der Waals surface area contributed by atoms with Gasteiger partial charge < -0.3 is 35.3 Å². The van der Waals surface area contributed by atoms with Gasteiger partial charge in [-0.2, -0.15) is 0 Å². The fourth-order valence-corrected chi connectivity index (χ4v) is 3.48. The van der Waals surface area contributed by atoms with Gasteiger partial charge in [0.25, 0.3) is 0 Å². The molecule has 0 spiro atoms. The molecule has 11 heteroatoms. The topological polar surface area (TPSA) is 150 Å². The van der Waals surface area contributed by atoms with E-state index in [1.807, 2.05) is 42.9 Å². The zero-order valence-electron chi connectivity index (χ0n) is 17.5. The molecule has 0 aliphatic rings. The molecule has 10 nitrogen and oxygen atoms in total. The van der Waals surface area contributed by atoms with Crippen molar-refractivity contribution in [3.8, 4) is 17.0 Å². The number of aliphatic hydroxyl groups is 1. The summed E-state index contributed by atoms with van der Waals surface area (Å²) in [5.41, 5.74) is 14.5. The third kappa shape index (κ3) is 5.72. The molecule has 3 rings (SSSR count). The van der Waals surface area contributed by atoms with Crippen molar-refractivity contribution in [2.75, 3.05) is 25.5 Å². The number of nitrogens with zero attached hydrogens (tertiary/aromatic N) is 4. The van der Waals surface area contributed by atoms with Gasteiger partial charge in [-0.05, 0) is 36.8 Å². The summed E-state index contributed by atoms with van der Waals surface area (Å²) in [5, 5.41) is 24.3. The van der Waals surface area contributed by atoms with Gasteiger partial charge in [0.05, 0.1) is 18.3 Å². The van der Waals surface area contributed by atoms with Crippen LogP contribution in [0.15, 0.2) is 41.0 Å². The second-order valence-corrected chi connectivity index (χ2v) is 7.78. The molecular weight excluding hydrogens is 418 g/mol. The Hall–Kier alpha value is -3.15. The number of hydrogen-bond acceptors (Lipinski definition) is 9. The van der Waals surface area contributed by atoms with Gasteiger partial charge in [-0.1, -0.05) is 5.16 Å². The summed E-state index contributed by atoms with van der Waals surface area (Å²) in [6.45, 7) is 2.87. The van der Waals surface area contributed by atoms with E-state index < -0.39 is 6.10 Å². The Morgan fingerprint density at radius 2 is 2.06 bits per heavy atom. The largest absolute Gasteiger partial charge is 0.490 e. The van der Waals surface area contributed by atoms with Crippen molar-refractivity contribution >= 4 is 22.2 Å². The quantitative estimate of drug-likeness (QED) is 0.209. The van der Waals surface area contributed by atoms with Crippen LogP contribution < -0.4 is 21.8 Å². The van der Waals surface area contributed by atoms with Gasteiger partial charge >= 0.3 is 0 Å². The molecule has 0 amide bonds. The van der Waals surface area contributed by atoms with Gasteiger partial charge in [0, 0.05) is 25.2 Å². The lowest BCUT2D eigenvalue weighted by molar-refractivity contribution is 0.107. The van der Waals surface area contributed by atoms with E-state index in [1.54, 1.807) is 16.1 Å². The monoisotopic (exact) mass is 445 g/mol. The molecule has 1 atom stereocenters. The highest BCUT2D eigenvalue weighted by Gasteiger charge is 2.11. The van der Waals surface area contributed by atoms with Crippen molar-refractivity contribution in [1.29, 1.82) is 5.41 Å². The lowest BCUT2D eigenvalue weighted by Gasteiger charge is -2.07. The molecule has 0 fully saturated rings. The number of rotatable bonds is 10. The standard InChI is InChI=1S/C20H27N7O3S/c1-13(17-12-31-19(22)24-17)25-30-8-7-29-16-5-3-14(4-6-16)18-11-27(10-15(28)9-21)20(23)26(18)2/h3-6,11-12,15,23,28H,7-10,21H2,1-2H3,(H2,22,24)/b23-20?,25-13+. The second-order valence-electron chi connectivity index (χ2n) is 6.89. The van der Waals surface area contributed by atoms with Crippen LogP contribution in [0.5, 0.6) is 5.75 Å². The highest BCUT2D eigenvalue weighted by molar-refractivity contribution is 7.13. The first-order chi connectivity index (χ1) is 14.9. The van der Waals surface area contributed by atoms with Crippen molar-refractivity contribution in [2.24, 2.45) is 17.9 Å². The minimum atomic E-state index is -0.685. The van der Waals surface area contributed by atoms with Crippen LogP contribution in [0.2, 0.25) is 0 Å². The zero-order valence-corrected chi connectivity index (χ0v) is 18.3. The van der Waals surface area contributed by atoms with Crippen LogP contribution in [-0.4, -0.2) is 50.8 Å². The normalized spacial score (nSPS) is 12.7. The van der Waals surface area contributed by atoms with Crippen LogP contribution in [0.4, 0.5) is 5.13 Å². The number of thiazole rings is 1. The van der Waals surface area contributed by atoms with Crippen molar-refractivity contribution < 1.29 is 14.7 Å². The number of imidazole rings is 1.